The molecule has 0 amide bonds. The monoisotopic (exact) mass is 417 g/mol. The second-order valence-electron chi connectivity index (χ2n) is 3.78. The quantitative estimate of drug-likeness (QED) is 0.710. The fraction of sp³-hybridized carbons (Fsp3) is 0.455. The van der Waals surface area contributed by atoms with Crippen molar-refractivity contribution in [3.8, 4) is 0 Å². The van der Waals surface area contributed by atoms with Gasteiger partial charge in [-0.1, -0.05) is 34.5 Å². The van der Waals surface area contributed by atoms with Crippen molar-refractivity contribution in [1.29, 1.82) is 0 Å². The SMILES string of the molecule is CCC(CCBr)NS(=O)(=O)c1ccc(Cl)c(Br)c1. The summed E-state index contributed by atoms with van der Waals surface area (Å²) in [4.78, 5) is 0.215. The maximum absolute atomic E-state index is 12.1. The highest BCUT2D eigenvalue weighted by molar-refractivity contribution is 9.10. The van der Waals surface area contributed by atoms with Crippen LogP contribution in [0.15, 0.2) is 27.6 Å². The minimum Gasteiger partial charge on any atom is -0.208 e. The normalized spacial score (nSPS) is 13.6. The Hall–Kier alpha value is 0.380. The standard InChI is InChI=1S/C11H14Br2ClNO2S/c1-2-8(5-6-12)15-18(16,17)9-3-4-11(14)10(13)7-9/h3-4,7-8,15H,2,5-6H2,1H3. The number of alkyl halides is 1. The number of benzene rings is 1. The minimum atomic E-state index is -3.49. The molecule has 0 aliphatic carbocycles. The van der Waals surface area contributed by atoms with Gasteiger partial charge in [0, 0.05) is 15.8 Å². The number of hydrogen-bond acceptors (Lipinski definition) is 2. The highest BCUT2D eigenvalue weighted by Gasteiger charge is 2.19. The van der Waals surface area contributed by atoms with Crippen LogP contribution in [0.1, 0.15) is 19.8 Å². The zero-order valence-corrected chi connectivity index (χ0v) is 14.5. The van der Waals surface area contributed by atoms with Crippen molar-refractivity contribution in [2.45, 2.75) is 30.7 Å². The zero-order chi connectivity index (χ0) is 13.8. The molecule has 7 heteroatoms. The van der Waals surface area contributed by atoms with E-state index in [1.165, 1.54) is 12.1 Å². The summed E-state index contributed by atoms with van der Waals surface area (Å²) in [6.07, 6.45) is 1.50. The molecule has 0 aromatic heterocycles. The van der Waals surface area contributed by atoms with Gasteiger partial charge in [-0.15, -0.1) is 0 Å². The lowest BCUT2D eigenvalue weighted by atomic mass is 10.2. The van der Waals surface area contributed by atoms with Gasteiger partial charge in [0.05, 0.1) is 9.92 Å². The van der Waals surface area contributed by atoms with Crippen LogP contribution in [0.4, 0.5) is 0 Å². The Morgan fingerprint density at radius 1 is 1.44 bits per heavy atom. The van der Waals surface area contributed by atoms with E-state index in [-0.39, 0.29) is 10.9 Å². The molecule has 1 aromatic carbocycles. The van der Waals surface area contributed by atoms with Crippen molar-refractivity contribution in [3.63, 3.8) is 0 Å². The molecule has 0 bridgehead atoms. The van der Waals surface area contributed by atoms with Gasteiger partial charge < -0.3 is 0 Å². The average Bonchev–Trinajstić information content (AvgIpc) is 2.31. The Labute approximate surface area is 130 Å². The van der Waals surface area contributed by atoms with E-state index in [4.69, 9.17) is 11.6 Å². The highest BCUT2D eigenvalue weighted by atomic mass is 79.9. The first kappa shape index (κ1) is 16.4. The topological polar surface area (TPSA) is 46.2 Å². The summed E-state index contributed by atoms with van der Waals surface area (Å²) in [5.41, 5.74) is 0. The molecule has 0 fully saturated rings. The molecular weight excluding hydrogens is 405 g/mol. The highest BCUT2D eigenvalue weighted by Crippen LogP contribution is 2.25. The Morgan fingerprint density at radius 3 is 2.61 bits per heavy atom. The van der Waals surface area contributed by atoms with Crippen LogP contribution < -0.4 is 4.72 Å². The Balaban J connectivity index is 2.95. The molecule has 1 atom stereocenters. The van der Waals surface area contributed by atoms with Crippen LogP contribution in [0.3, 0.4) is 0 Å². The fourth-order valence-corrected chi connectivity index (χ4v) is 3.99. The number of sulfonamides is 1. The predicted octanol–water partition coefficient (Wildman–Crippen LogP) is 3.94. The molecule has 1 rings (SSSR count). The number of hydrogen-bond donors (Lipinski definition) is 1. The molecule has 0 aliphatic rings. The van der Waals surface area contributed by atoms with Gasteiger partial charge in [0.25, 0.3) is 0 Å². The molecule has 0 aliphatic heterocycles. The lowest BCUT2D eigenvalue weighted by molar-refractivity contribution is 0.533. The summed E-state index contributed by atoms with van der Waals surface area (Å²) in [6, 6.07) is 4.50. The molecular formula is C11H14Br2ClNO2S. The van der Waals surface area contributed by atoms with Crippen molar-refractivity contribution in [1.82, 2.24) is 4.72 Å². The second kappa shape index (κ2) is 7.24. The van der Waals surface area contributed by atoms with E-state index in [1.807, 2.05) is 6.92 Å². The summed E-state index contributed by atoms with van der Waals surface area (Å²) in [5, 5.41) is 1.25. The van der Waals surface area contributed by atoms with E-state index in [1.54, 1.807) is 6.07 Å². The minimum absolute atomic E-state index is 0.0659. The Morgan fingerprint density at radius 2 is 2.11 bits per heavy atom. The van der Waals surface area contributed by atoms with Crippen molar-refractivity contribution in [2.24, 2.45) is 0 Å². The van der Waals surface area contributed by atoms with Crippen molar-refractivity contribution < 1.29 is 8.42 Å². The third kappa shape index (κ3) is 4.49. The summed E-state index contributed by atoms with van der Waals surface area (Å²) in [7, 11) is -3.49. The molecule has 1 aromatic rings. The summed E-state index contributed by atoms with van der Waals surface area (Å²) < 4.78 is 27.6. The van der Waals surface area contributed by atoms with Crippen LogP contribution >= 0.6 is 43.5 Å². The van der Waals surface area contributed by atoms with Gasteiger partial charge in [-0.25, -0.2) is 13.1 Å². The lowest BCUT2D eigenvalue weighted by Crippen LogP contribution is -2.34. The van der Waals surface area contributed by atoms with Gasteiger partial charge in [-0.3, -0.25) is 0 Å². The number of nitrogens with one attached hydrogen (secondary N) is 1. The Bertz CT molecular complexity index is 508. The molecule has 18 heavy (non-hydrogen) atoms. The molecule has 0 radical (unpaired) electrons. The zero-order valence-electron chi connectivity index (χ0n) is 9.79. The van der Waals surface area contributed by atoms with E-state index in [9.17, 15) is 8.42 Å². The van der Waals surface area contributed by atoms with Crippen LogP contribution in [-0.4, -0.2) is 19.8 Å². The van der Waals surface area contributed by atoms with Crippen molar-refractivity contribution in [3.05, 3.63) is 27.7 Å². The third-order valence-electron chi connectivity index (χ3n) is 2.47. The van der Waals surface area contributed by atoms with E-state index in [0.29, 0.717) is 9.50 Å². The molecule has 0 spiro atoms. The smallest absolute Gasteiger partial charge is 0.208 e. The van der Waals surface area contributed by atoms with Gasteiger partial charge in [-0.2, -0.15) is 0 Å². The molecule has 1 N–H and O–H groups in total. The number of rotatable bonds is 6. The molecule has 0 saturated heterocycles. The van der Waals surface area contributed by atoms with E-state index < -0.39 is 10.0 Å². The molecule has 102 valence electrons. The summed E-state index contributed by atoms with van der Waals surface area (Å²) >= 11 is 12.4. The van der Waals surface area contributed by atoms with Gasteiger partial charge >= 0.3 is 0 Å². The number of halogens is 3. The van der Waals surface area contributed by atoms with Gasteiger partial charge in [0.2, 0.25) is 10.0 Å². The van der Waals surface area contributed by atoms with Gasteiger partial charge in [-0.05, 0) is 47.0 Å². The van der Waals surface area contributed by atoms with Crippen LogP contribution in [0, 0.1) is 0 Å². The molecule has 1 unspecified atom stereocenters. The van der Waals surface area contributed by atoms with Gasteiger partial charge in [0.1, 0.15) is 0 Å². The maximum atomic E-state index is 12.1. The first-order valence-corrected chi connectivity index (χ1v) is 9.21. The second-order valence-corrected chi connectivity index (χ2v) is 7.55. The molecule has 3 nitrogen and oxygen atoms in total. The van der Waals surface area contributed by atoms with Crippen LogP contribution in [-0.2, 0) is 10.0 Å². The van der Waals surface area contributed by atoms with E-state index in [2.05, 4.69) is 36.6 Å². The third-order valence-corrected chi connectivity index (χ3v) is 5.66. The van der Waals surface area contributed by atoms with Crippen LogP contribution in [0.2, 0.25) is 5.02 Å². The molecule has 0 heterocycles. The first-order chi connectivity index (χ1) is 8.40. The Kier molecular flexibility index (Phi) is 6.61. The fourth-order valence-electron chi connectivity index (χ4n) is 1.41. The van der Waals surface area contributed by atoms with Crippen molar-refractivity contribution >= 4 is 53.5 Å². The lowest BCUT2D eigenvalue weighted by Gasteiger charge is -2.16. The summed E-state index contributed by atoms with van der Waals surface area (Å²) in [6.45, 7) is 1.95. The molecule has 0 saturated carbocycles. The average molecular weight is 420 g/mol. The van der Waals surface area contributed by atoms with E-state index >= 15 is 0 Å². The van der Waals surface area contributed by atoms with Crippen LogP contribution in [0.25, 0.3) is 0 Å². The van der Waals surface area contributed by atoms with Crippen molar-refractivity contribution in [2.75, 3.05) is 5.33 Å². The van der Waals surface area contributed by atoms with Crippen LogP contribution in [0.5, 0.6) is 0 Å². The maximum Gasteiger partial charge on any atom is 0.240 e. The largest absolute Gasteiger partial charge is 0.240 e. The van der Waals surface area contributed by atoms with Gasteiger partial charge in [0.15, 0.2) is 0 Å². The summed E-state index contributed by atoms with van der Waals surface area (Å²) in [5.74, 6) is 0. The predicted molar refractivity (Wildman–Crippen MR) is 82.0 cm³/mol. The van der Waals surface area contributed by atoms with E-state index in [0.717, 1.165) is 18.2 Å². The first-order valence-electron chi connectivity index (χ1n) is 5.44.